The number of hydrogen-bond donors (Lipinski definition) is 2. The predicted molar refractivity (Wildman–Crippen MR) is 78.8 cm³/mol. The van der Waals surface area contributed by atoms with Crippen LogP contribution < -0.4 is 5.32 Å². The number of aliphatic hydroxyl groups excluding tert-OH is 1. The monoisotopic (exact) mass is 292 g/mol. The van der Waals surface area contributed by atoms with Gasteiger partial charge >= 0.3 is 0 Å². The van der Waals surface area contributed by atoms with Gasteiger partial charge in [-0.15, -0.1) is 0 Å². The molecule has 1 unspecified atom stereocenters. The Bertz CT molecular complexity index is 536. The van der Waals surface area contributed by atoms with Crippen LogP contribution in [0.15, 0.2) is 0 Å². The molecule has 2 N–H and O–H groups in total. The van der Waals surface area contributed by atoms with E-state index in [4.69, 9.17) is 5.11 Å². The minimum Gasteiger partial charge on any atom is -0.394 e. The van der Waals surface area contributed by atoms with Crippen molar-refractivity contribution in [2.24, 2.45) is 0 Å². The fourth-order valence-electron chi connectivity index (χ4n) is 3.16. The minimum absolute atomic E-state index is 0.0995. The zero-order valence-corrected chi connectivity index (χ0v) is 12.8. The molecule has 21 heavy (non-hydrogen) atoms. The third-order valence-corrected chi connectivity index (χ3v) is 4.56. The molecule has 6 heteroatoms. The van der Waals surface area contributed by atoms with Crippen molar-refractivity contribution in [3.05, 3.63) is 17.0 Å². The predicted octanol–water partition coefficient (Wildman–Crippen LogP) is 0.345. The zero-order valence-electron chi connectivity index (χ0n) is 12.8. The Labute approximate surface area is 125 Å². The molecule has 1 amide bonds. The normalized spacial score (nSPS) is 22.3. The molecule has 1 aliphatic carbocycles. The quantitative estimate of drug-likeness (QED) is 0.793. The van der Waals surface area contributed by atoms with Gasteiger partial charge in [0.15, 0.2) is 0 Å². The van der Waals surface area contributed by atoms with Crippen LogP contribution in [-0.4, -0.2) is 50.9 Å². The van der Waals surface area contributed by atoms with Gasteiger partial charge in [0.2, 0.25) is 5.91 Å². The smallest absolute Gasteiger partial charge is 0.224 e. The van der Waals surface area contributed by atoms with Gasteiger partial charge in [0, 0.05) is 42.9 Å². The van der Waals surface area contributed by atoms with E-state index in [1.165, 1.54) is 18.4 Å². The first-order chi connectivity index (χ1) is 10.1. The highest BCUT2D eigenvalue weighted by atomic mass is 16.3. The van der Waals surface area contributed by atoms with Crippen molar-refractivity contribution in [3.8, 4) is 0 Å². The first-order valence-electron chi connectivity index (χ1n) is 7.76. The maximum Gasteiger partial charge on any atom is 0.224 e. The van der Waals surface area contributed by atoms with Gasteiger partial charge in [0.25, 0.3) is 0 Å². The topological polar surface area (TPSA) is 70.4 Å². The van der Waals surface area contributed by atoms with Crippen molar-refractivity contribution >= 4 is 5.91 Å². The lowest BCUT2D eigenvalue weighted by Gasteiger charge is -2.16. The Morgan fingerprint density at radius 3 is 2.81 bits per heavy atom. The Morgan fingerprint density at radius 1 is 1.38 bits per heavy atom. The van der Waals surface area contributed by atoms with E-state index in [1.807, 2.05) is 23.4 Å². The molecule has 1 aromatic heterocycles. The Hall–Kier alpha value is -1.40. The molecule has 0 radical (unpaired) electrons. The van der Waals surface area contributed by atoms with Crippen LogP contribution >= 0.6 is 0 Å². The summed E-state index contributed by atoms with van der Waals surface area (Å²) in [4.78, 5) is 14.0. The van der Waals surface area contributed by atoms with Crippen LogP contribution in [0.4, 0.5) is 0 Å². The number of rotatable bonds is 6. The SMILES string of the molecule is Cc1nn(CCO)c(C)c1CNC1CC(=O)N(C2CC2)C1. The lowest BCUT2D eigenvalue weighted by atomic mass is 10.1. The van der Waals surface area contributed by atoms with Crippen LogP contribution in [0.5, 0.6) is 0 Å². The summed E-state index contributed by atoms with van der Waals surface area (Å²) in [6.07, 6.45) is 2.95. The molecular formula is C15H24N4O2. The van der Waals surface area contributed by atoms with Crippen molar-refractivity contribution in [1.82, 2.24) is 20.0 Å². The first-order valence-corrected chi connectivity index (χ1v) is 7.76. The van der Waals surface area contributed by atoms with Crippen molar-refractivity contribution in [3.63, 3.8) is 0 Å². The molecule has 0 aromatic carbocycles. The molecule has 1 aliphatic heterocycles. The van der Waals surface area contributed by atoms with E-state index in [2.05, 4.69) is 10.4 Å². The first kappa shape index (κ1) is 14.5. The second kappa shape index (κ2) is 5.77. The summed E-state index contributed by atoms with van der Waals surface area (Å²) in [6, 6.07) is 0.762. The van der Waals surface area contributed by atoms with Gasteiger partial charge in [0.1, 0.15) is 0 Å². The highest BCUT2D eigenvalue weighted by molar-refractivity contribution is 5.80. The maximum atomic E-state index is 11.9. The van der Waals surface area contributed by atoms with Crippen molar-refractivity contribution in [2.75, 3.05) is 13.2 Å². The summed E-state index contributed by atoms with van der Waals surface area (Å²) >= 11 is 0. The molecule has 2 aliphatic rings. The van der Waals surface area contributed by atoms with Crippen molar-refractivity contribution < 1.29 is 9.90 Å². The molecule has 1 atom stereocenters. The van der Waals surface area contributed by atoms with Crippen LogP contribution in [0.3, 0.4) is 0 Å². The Morgan fingerprint density at radius 2 is 2.14 bits per heavy atom. The lowest BCUT2D eigenvalue weighted by Crippen LogP contribution is -2.33. The summed E-state index contributed by atoms with van der Waals surface area (Å²) in [5, 5.41) is 17.0. The van der Waals surface area contributed by atoms with Crippen molar-refractivity contribution in [1.29, 1.82) is 0 Å². The third kappa shape index (κ3) is 2.96. The Balaban J connectivity index is 1.59. The molecule has 6 nitrogen and oxygen atoms in total. The van der Waals surface area contributed by atoms with E-state index in [-0.39, 0.29) is 12.6 Å². The van der Waals surface area contributed by atoms with E-state index in [0.29, 0.717) is 24.9 Å². The number of aryl methyl sites for hydroxylation is 1. The highest BCUT2D eigenvalue weighted by Gasteiger charge is 2.39. The summed E-state index contributed by atoms with van der Waals surface area (Å²) in [6.45, 7) is 6.23. The highest BCUT2D eigenvalue weighted by Crippen LogP contribution is 2.30. The fraction of sp³-hybridized carbons (Fsp3) is 0.733. The molecule has 3 rings (SSSR count). The number of hydrogen-bond acceptors (Lipinski definition) is 4. The average molecular weight is 292 g/mol. The van der Waals surface area contributed by atoms with Gasteiger partial charge in [-0.1, -0.05) is 0 Å². The molecule has 1 aromatic rings. The van der Waals surface area contributed by atoms with Gasteiger partial charge in [-0.05, 0) is 26.7 Å². The summed E-state index contributed by atoms with van der Waals surface area (Å²) in [5.41, 5.74) is 3.27. The number of carbonyl (C=O) groups is 1. The number of nitrogens with zero attached hydrogens (tertiary/aromatic N) is 3. The molecule has 0 spiro atoms. The van der Waals surface area contributed by atoms with Gasteiger partial charge in [-0.2, -0.15) is 5.10 Å². The van der Waals surface area contributed by atoms with E-state index >= 15 is 0 Å². The molecule has 2 fully saturated rings. The number of amides is 1. The lowest BCUT2D eigenvalue weighted by molar-refractivity contribution is -0.128. The minimum atomic E-state index is 0.0995. The van der Waals surface area contributed by atoms with Gasteiger partial charge in [-0.25, -0.2) is 0 Å². The number of nitrogens with one attached hydrogen (secondary N) is 1. The maximum absolute atomic E-state index is 11.9. The van der Waals surface area contributed by atoms with Crippen LogP contribution in [0.25, 0.3) is 0 Å². The molecule has 2 heterocycles. The second-order valence-corrected chi connectivity index (χ2v) is 6.16. The zero-order chi connectivity index (χ0) is 15.0. The average Bonchev–Trinajstić information content (AvgIpc) is 3.16. The molecular weight excluding hydrogens is 268 g/mol. The van der Waals surface area contributed by atoms with Gasteiger partial charge in [0.05, 0.1) is 18.8 Å². The largest absolute Gasteiger partial charge is 0.394 e. The summed E-state index contributed by atoms with van der Waals surface area (Å²) in [5.74, 6) is 0.291. The molecule has 1 saturated heterocycles. The third-order valence-electron chi connectivity index (χ3n) is 4.56. The Kier molecular flexibility index (Phi) is 3.99. The van der Waals surface area contributed by atoms with E-state index < -0.39 is 0 Å². The number of likely N-dealkylation sites (tertiary alicyclic amines) is 1. The standard InChI is InChI=1S/C15H24N4O2/c1-10-14(11(2)19(17-10)5-6-20)8-16-12-7-15(21)18(9-12)13-3-4-13/h12-13,16,20H,3-9H2,1-2H3. The van der Waals surface area contributed by atoms with Crippen LogP contribution in [0.1, 0.15) is 36.2 Å². The summed E-state index contributed by atoms with van der Waals surface area (Å²) in [7, 11) is 0. The molecule has 1 saturated carbocycles. The van der Waals surface area contributed by atoms with E-state index in [1.54, 1.807) is 0 Å². The number of aliphatic hydroxyl groups is 1. The van der Waals surface area contributed by atoms with Crippen LogP contribution in [0.2, 0.25) is 0 Å². The van der Waals surface area contributed by atoms with Gasteiger partial charge in [-0.3, -0.25) is 9.48 Å². The molecule has 0 bridgehead atoms. The van der Waals surface area contributed by atoms with E-state index in [0.717, 1.165) is 24.5 Å². The van der Waals surface area contributed by atoms with Gasteiger partial charge < -0.3 is 15.3 Å². The van der Waals surface area contributed by atoms with Crippen LogP contribution in [-0.2, 0) is 17.9 Å². The van der Waals surface area contributed by atoms with Crippen LogP contribution in [0, 0.1) is 13.8 Å². The van der Waals surface area contributed by atoms with E-state index in [9.17, 15) is 4.79 Å². The number of aromatic nitrogens is 2. The fourth-order valence-corrected chi connectivity index (χ4v) is 3.16. The van der Waals surface area contributed by atoms with Crippen molar-refractivity contribution in [2.45, 2.75) is 58.3 Å². The second-order valence-electron chi connectivity index (χ2n) is 6.16. The molecule has 116 valence electrons. The summed E-state index contributed by atoms with van der Waals surface area (Å²) < 4.78 is 1.85. The number of carbonyl (C=O) groups excluding carboxylic acids is 1.